The van der Waals surface area contributed by atoms with E-state index < -0.39 is 10.0 Å². The van der Waals surface area contributed by atoms with E-state index in [0.717, 1.165) is 5.69 Å². The van der Waals surface area contributed by atoms with Gasteiger partial charge in [0.05, 0.1) is 22.4 Å². The fourth-order valence-electron chi connectivity index (χ4n) is 3.05. The van der Waals surface area contributed by atoms with Crippen LogP contribution in [0.15, 0.2) is 70.1 Å². The van der Waals surface area contributed by atoms with Crippen molar-refractivity contribution in [3.63, 3.8) is 0 Å². The number of hydrogen-bond acceptors (Lipinski definition) is 7. The molecule has 4 aromatic rings. The average molecular weight is 456 g/mol. The van der Waals surface area contributed by atoms with Gasteiger partial charge in [0, 0.05) is 37.2 Å². The molecule has 2 aromatic heterocycles. The maximum absolute atomic E-state index is 12.5. The van der Waals surface area contributed by atoms with Crippen molar-refractivity contribution in [3.05, 3.63) is 66.2 Å². The molecule has 0 spiro atoms. The molecular formula is C20H21N7O4S. The van der Waals surface area contributed by atoms with Crippen molar-refractivity contribution in [2.45, 2.75) is 11.3 Å². The van der Waals surface area contributed by atoms with Crippen LogP contribution in [0.3, 0.4) is 0 Å². The third-order valence-corrected chi connectivity index (χ3v) is 5.61. The standard InChI is InChI=1S/C20H19N7O4S.H2/c21-32(30,31)15-4-2-13(3-5-15)26-27-18-16-9-12(1-6-17(16)25-20(18)29)19(28)23-8-7-14-10-22-11-24-14;/h1-6,9-11,25,29H,7-8H2,(H,22,24)(H,23,28)(H2,21,30,31);1H. The summed E-state index contributed by atoms with van der Waals surface area (Å²) in [5.74, 6) is -0.477. The predicted molar refractivity (Wildman–Crippen MR) is 119 cm³/mol. The number of aromatic hydroxyl groups is 1. The molecule has 2 heterocycles. The van der Waals surface area contributed by atoms with Crippen molar-refractivity contribution in [3.8, 4) is 5.88 Å². The van der Waals surface area contributed by atoms with Crippen LogP contribution in [0, 0.1) is 0 Å². The lowest BCUT2D eigenvalue weighted by atomic mass is 10.1. The highest BCUT2D eigenvalue weighted by atomic mass is 32.2. The van der Waals surface area contributed by atoms with E-state index in [4.69, 9.17) is 5.14 Å². The van der Waals surface area contributed by atoms with Crippen LogP contribution < -0.4 is 10.5 Å². The van der Waals surface area contributed by atoms with Gasteiger partial charge in [0.25, 0.3) is 5.91 Å². The first-order valence-corrected chi connectivity index (χ1v) is 11.0. The maximum Gasteiger partial charge on any atom is 0.251 e. The number of carbonyl (C=O) groups excluding carboxylic acids is 1. The van der Waals surface area contributed by atoms with E-state index in [1.54, 1.807) is 30.7 Å². The van der Waals surface area contributed by atoms with Crippen molar-refractivity contribution >= 4 is 38.2 Å². The summed E-state index contributed by atoms with van der Waals surface area (Å²) in [4.78, 5) is 22.1. The minimum absolute atomic E-state index is 0. The van der Waals surface area contributed by atoms with Crippen LogP contribution in [0.4, 0.5) is 11.4 Å². The van der Waals surface area contributed by atoms with Crippen molar-refractivity contribution in [1.29, 1.82) is 0 Å². The van der Waals surface area contributed by atoms with E-state index >= 15 is 0 Å². The van der Waals surface area contributed by atoms with E-state index in [9.17, 15) is 18.3 Å². The van der Waals surface area contributed by atoms with Crippen LogP contribution in [-0.2, 0) is 16.4 Å². The van der Waals surface area contributed by atoms with Crippen LogP contribution >= 0.6 is 0 Å². The molecule has 0 atom stereocenters. The fraction of sp³-hybridized carbons (Fsp3) is 0.100. The van der Waals surface area contributed by atoms with Gasteiger partial charge in [-0.15, -0.1) is 5.11 Å². The number of H-pyrrole nitrogens is 2. The molecular weight excluding hydrogens is 434 g/mol. The van der Waals surface area contributed by atoms with Crippen molar-refractivity contribution in [2.75, 3.05) is 6.54 Å². The second-order valence-electron chi connectivity index (χ2n) is 6.90. The number of benzene rings is 2. The van der Waals surface area contributed by atoms with Gasteiger partial charge < -0.3 is 20.4 Å². The van der Waals surface area contributed by atoms with Gasteiger partial charge in [-0.1, -0.05) is 0 Å². The zero-order chi connectivity index (χ0) is 22.7. The molecule has 0 aliphatic rings. The minimum Gasteiger partial charge on any atom is -0.493 e. The Kier molecular flexibility index (Phi) is 5.71. The third-order valence-electron chi connectivity index (χ3n) is 4.68. The first kappa shape index (κ1) is 21.2. The maximum atomic E-state index is 12.5. The number of rotatable bonds is 7. The normalized spacial score (nSPS) is 11.9. The van der Waals surface area contributed by atoms with Gasteiger partial charge in [-0.3, -0.25) is 4.79 Å². The largest absolute Gasteiger partial charge is 0.493 e. The zero-order valence-electron chi connectivity index (χ0n) is 16.6. The third kappa shape index (κ3) is 4.66. The van der Waals surface area contributed by atoms with Crippen LogP contribution in [0.25, 0.3) is 10.9 Å². The average Bonchev–Trinajstić information content (AvgIpc) is 3.38. The molecule has 0 fully saturated rings. The second-order valence-corrected chi connectivity index (χ2v) is 8.47. The number of primary sulfonamides is 1. The smallest absolute Gasteiger partial charge is 0.251 e. The lowest BCUT2D eigenvalue weighted by molar-refractivity contribution is 0.0954. The highest BCUT2D eigenvalue weighted by Gasteiger charge is 2.14. The molecule has 32 heavy (non-hydrogen) atoms. The molecule has 0 saturated heterocycles. The molecule has 0 aliphatic carbocycles. The Bertz CT molecular complexity index is 1400. The quantitative estimate of drug-likeness (QED) is 0.268. The fourth-order valence-corrected chi connectivity index (χ4v) is 3.57. The molecule has 0 saturated carbocycles. The van der Waals surface area contributed by atoms with Crippen LogP contribution in [0.2, 0.25) is 0 Å². The van der Waals surface area contributed by atoms with Crippen LogP contribution in [-0.4, -0.2) is 40.9 Å². The summed E-state index contributed by atoms with van der Waals surface area (Å²) in [6.45, 7) is 0.429. The molecule has 2 aromatic carbocycles. The van der Waals surface area contributed by atoms with Crippen molar-refractivity contribution < 1.29 is 19.7 Å². The topological polar surface area (TPSA) is 179 Å². The summed E-state index contributed by atoms with van der Waals surface area (Å²) in [6, 6.07) is 10.4. The molecule has 6 N–H and O–H groups in total. The molecule has 4 rings (SSSR count). The molecule has 0 aliphatic heterocycles. The first-order chi connectivity index (χ1) is 15.3. The highest BCUT2D eigenvalue weighted by molar-refractivity contribution is 7.89. The van der Waals surface area contributed by atoms with E-state index in [2.05, 4.69) is 30.5 Å². The Morgan fingerprint density at radius 3 is 2.66 bits per heavy atom. The predicted octanol–water partition coefficient (Wildman–Crippen LogP) is 2.88. The molecule has 166 valence electrons. The van der Waals surface area contributed by atoms with Gasteiger partial charge >= 0.3 is 0 Å². The van der Waals surface area contributed by atoms with E-state index in [-0.39, 0.29) is 23.8 Å². The number of nitrogens with one attached hydrogen (secondary N) is 3. The summed E-state index contributed by atoms with van der Waals surface area (Å²) in [6.07, 6.45) is 3.89. The Balaban J connectivity index is 0.00000306. The SMILES string of the molecule is NS(=O)(=O)c1ccc(N=Nc2c(O)[nH]c3ccc(C(=O)NCCc4cnc[nH]4)cc23)cc1.[HH]. The number of sulfonamides is 1. The molecule has 12 heteroatoms. The Labute approximate surface area is 183 Å². The summed E-state index contributed by atoms with van der Waals surface area (Å²) in [7, 11) is -3.81. The Morgan fingerprint density at radius 2 is 1.97 bits per heavy atom. The first-order valence-electron chi connectivity index (χ1n) is 9.46. The Hall–Kier alpha value is -4.03. The van der Waals surface area contributed by atoms with E-state index in [0.29, 0.717) is 35.1 Å². The number of aromatic amines is 2. The number of carbonyl (C=O) groups is 1. The summed E-state index contributed by atoms with van der Waals surface area (Å²) in [5.41, 5.74) is 2.41. The number of imidazole rings is 1. The lowest BCUT2D eigenvalue weighted by Gasteiger charge is -2.04. The summed E-state index contributed by atoms with van der Waals surface area (Å²) >= 11 is 0. The molecule has 11 nitrogen and oxygen atoms in total. The van der Waals surface area contributed by atoms with Crippen LogP contribution in [0.5, 0.6) is 5.88 Å². The van der Waals surface area contributed by atoms with E-state index in [1.165, 1.54) is 24.3 Å². The van der Waals surface area contributed by atoms with Gasteiger partial charge in [-0.2, -0.15) is 5.11 Å². The van der Waals surface area contributed by atoms with Gasteiger partial charge in [0.15, 0.2) is 5.69 Å². The van der Waals surface area contributed by atoms with Gasteiger partial charge in [0.1, 0.15) is 0 Å². The van der Waals surface area contributed by atoms with Crippen LogP contribution in [0.1, 0.15) is 17.5 Å². The molecule has 0 bridgehead atoms. The molecule has 0 radical (unpaired) electrons. The number of nitrogens with two attached hydrogens (primary N) is 1. The van der Waals surface area contributed by atoms with Crippen molar-refractivity contribution in [2.24, 2.45) is 15.4 Å². The monoisotopic (exact) mass is 455 g/mol. The van der Waals surface area contributed by atoms with Gasteiger partial charge in [-0.25, -0.2) is 18.5 Å². The summed E-state index contributed by atoms with van der Waals surface area (Å²) < 4.78 is 22.7. The van der Waals surface area contributed by atoms with E-state index in [1.807, 2.05) is 0 Å². The number of hydrogen-bond donors (Lipinski definition) is 5. The van der Waals surface area contributed by atoms with Gasteiger partial charge in [-0.05, 0) is 42.5 Å². The lowest BCUT2D eigenvalue weighted by Crippen LogP contribution is -2.25. The van der Waals surface area contributed by atoms with Gasteiger partial charge in [0.2, 0.25) is 15.9 Å². The number of amides is 1. The zero-order valence-corrected chi connectivity index (χ0v) is 17.4. The second kappa shape index (κ2) is 8.61. The molecule has 1 amide bonds. The van der Waals surface area contributed by atoms with Crippen molar-refractivity contribution in [1.82, 2.24) is 20.3 Å². The number of aromatic nitrogens is 3. The number of fused-ring (bicyclic) bond motifs is 1. The summed E-state index contributed by atoms with van der Waals surface area (Å²) in [5, 5.41) is 26.7. The number of azo groups is 1. The Morgan fingerprint density at radius 1 is 1.19 bits per heavy atom. The minimum atomic E-state index is -3.81. The highest BCUT2D eigenvalue weighted by Crippen LogP contribution is 2.36. The number of nitrogens with zero attached hydrogens (tertiary/aromatic N) is 3. The molecule has 0 unspecified atom stereocenters.